The van der Waals surface area contributed by atoms with Crippen molar-refractivity contribution in [1.29, 1.82) is 0 Å². The average molecular weight is 416 g/mol. The van der Waals surface area contributed by atoms with E-state index in [1.165, 1.54) is 0 Å². The fraction of sp³-hybridized carbons (Fsp3) is 0.846. The van der Waals surface area contributed by atoms with Gasteiger partial charge in [-0.25, -0.2) is 0 Å². The lowest BCUT2D eigenvalue weighted by Crippen LogP contribution is -2.39. The third-order valence-electron chi connectivity index (χ3n) is 2.54. The molecule has 8 heteroatoms. The number of nitrogens with one attached hydrogen (secondary N) is 2. The molecule has 0 saturated heterocycles. The van der Waals surface area contributed by atoms with Crippen molar-refractivity contribution in [2.24, 2.45) is 4.99 Å². The predicted octanol–water partition coefficient (Wildman–Crippen LogP) is 0.301. The van der Waals surface area contributed by atoms with E-state index in [-0.39, 0.29) is 29.9 Å². The molecule has 1 amide bonds. The molecule has 7 nitrogen and oxygen atoms in total. The Morgan fingerprint density at radius 3 is 2.38 bits per heavy atom. The second-order valence-corrected chi connectivity index (χ2v) is 4.42. The third kappa shape index (κ3) is 14.1. The summed E-state index contributed by atoms with van der Waals surface area (Å²) in [6.07, 6.45) is 1.34. The van der Waals surface area contributed by atoms with Crippen molar-refractivity contribution in [3.63, 3.8) is 0 Å². The van der Waals surface area contributed by atoms with Crippen LogP contribution in [0.15, 0.2) is 4.99 Å². The van der Waals surface area contributed by atoms with Crippen LogP contribution in [0.3, 0.4) is 0 Å². The van der Waals surface area contributed by atoms with Gasteiger partial charge in [-0.1, -0.05) is 0 Å². The number of halogens is 1. The van der Waals surface area contributed by atoms with E-state index < -0.39 is 0 Å². The Balaban J connectivity index is 0. The Morgan fingerprint density at radius 1 is 1.14 bits per heavy atom. The molecular formula is C13H29IN4O3. The highest BCUT2D eigenvalue weighted by atomic mass is 127. The van der Waals surface area contributed by atoms with Gasteiger partial charge in [-0.15, -0.1) is 24.0 Å². The number of nitrogens with zero attached hydrogens (tertiary/aromatic N) is 2. The lowest BCUT2D eigenvalue weighted by molar-refractivity contribution is -0.128. The summed E-state index contributed by atoms with van der Waals surface area (Å²) in [5, 5.41) is 6.26. The SMILES string of the molecule is CN=C(NCCCOCCOC)NCCC(=O)N(C)C.I. The topological polar surface area (TPSA) is 75.2 Å². The molecule has 0 heterocycles. The highest BCUT2D eigenvalue weighted by Crippen LogP contribution is 1.85. The fourth-order valence-electron chi connectivity index (χ4n) is 1.36. The van der Waals surface area contributed by atoms with Crippen LogP contribution in [-0.2, 0) is 14.3 Å². The van der Waals surface area contributed by atoms with Crippen molar-refractivity contribution in [3.05, 3.63) is 0 Å². The summed E-state index contributed by atoms with van der Waals surface area (Å²) in [5.41, 5.74) is 0. The molecule has 0 saturated carbocycles. The molecule has 0 atom stereocenters. The summed E-state index contributed by atoms with van der Waals surface area (Å²) in [4.78, 5) is 17.1. The predicted molar refractivity (Wildman–Crippen MR) is 95.4 cm³/mol. The van der Waals surface area contributed by atoms with E-state index in [1.807, 2.05) is 0 Å². The van der Waals surface area contributed by atoms with E-state index in [0.29, 0.717) is 38.7 Å². The van der Waals surface area contributed by atoms with E-state index in [0.717, 1.165) is 13.0 Å². The van der Waals surface area contributed by atoms with Crippen LogP contribution >= 0.6 is 24.0 Å². The van der Waals surface area contributed by atoms with Gasteiger partial charge >= 0.3 is 0 Å². The van der Waals surface area contributed by atoms with Crippen molar-refractivity contribution in [2.75, 3.05) is 61.2 Å². The van der Waals surface area contributed by atoms with Crippen LogP contribution in [0.1, 0.15) is 12.8 Å². The van der Waals surface area contributed by atoms with E-state index in [4.69, 9.17) is 9.47 Å². The van der Waals surface area contributed by atoms with E-state index >= 15 is 0 Å². The number of rotatable bonds is 10. The smallest absolute Gasteiger partial charge is 0.223 e. The minimum absolute atomic E-state index is 0. The van der Waals surface area contributed by atoms with Crippen LogP contribution < -0.4 is 10.6 Å². The van der Waals surface area contributed by atoms with Crippen molar-refractivity contribution < 1.29 is 14.3 Å². The summed E-state index contributed by atoms with van der Waals surface area (Å²) in [7, 11) is 6.86. The lowest BCUT2D eigenvalue weighted by Gasteiger charge is -2.13. The number of guanidine groups is 1. The summed E-state index contributed by atoms with van der Waals surface area (Å²) in [5.74, 6) is 0.799. The molecule has 0 aliphatic carbocycles. The maximum Gasteiger partial charge on any atom is 0.223 e. The van der Waals surface area contributed by atoms with Gasteiger partial charge in [0.1, 0.15) is 0 Å². The Kier molecular flexibility index (Phi) is 17.0. The fourth-order valence-corrected chi connectivity index (χ4v) is 1.36. The molecule has 2 N–H and O–H groups in total. The molecule has 0 spiro atoms. The molecule has 0 aromatic heterocycles. The molecule has 0 fully saturated rings. The average Bonchev–Trinajstić information content (AvgIpc) is 2.44. The second-order valence-electron chi connectivity index (χ2n) is 4.42. The van der Waals surface area contributed by atoms with Gasteiger partial charge in [0, 0.05) is 54.4 Å². The highest BCUT2D eigenvalue weighted by molar-refractivity contribution is 14.0. The number of methoxy groups -OCH3 is 1. The minimum atomic E-state index is 0. The summed E-state index contributed by atoms with van der Waals surface area (Å²) >= 11 is 0. The highest BCUT2D eigenvalue weighted by Gasteiger charge is 2.03. The van der Waals surface area contributed by atoms with E-state index in [1.54, 1.807) is 33.2 Å². The quantitative estimate of drug-likeness (QED) is 0.232. The first kappa shape index (κ1) is 22.7. The first-order valence-electron chi connectivity index (χ1n) is 6.83. The number of carbonyl (C=O) groups is 1. The first-order chi connectivity index (χ1) is 9.61. The Labute approximate surface area is 144 Å². The zero-order chi connectivity index (χ0) is 15.2. The minimum Gasteiger partial charge on any atom is -0.382 e. The normalized spacial score (nSPS) is 10.8. The van der Waals surface area contributed by atoms with Crippen LogP contribution in [0, 0.1) is 0 Å². The molecule has 0 radical (unpaired) electrons. The van der Waals surface area contributed by atoms with Crippen LogP contribution in [0.25, 0.3) is 0 Å². The van der Waals surface area contributed by atoms with Gasteiger partial charge in [-0.3, -0.25) is 9.79 Å². The third-order valence-corrected chi connectivity index (χ3v) is 2.54. The van der Waals surface area contributed by atoms with Gasteiger partial charge in [0.2, 0.25) is 5.91 Å². The molecule has 21 heavy (non-hydrogen) atoms. The molecule has 0 unspecified atom stereocenters. The molecule has 0 aromatic rings. The Hall–Kier alpha value is -0.610. The zero-order valence-corrected chi connectivity index (χ0v) is 15.8. The molecule has 0 aliphatic heterocycles. The van der Waals surface area contributed by atoms with Gasteiger partial charge in [-0.2, -0.15) is 0 Å². The number of carbonyl (C=O) groups excluding carboxylic acids is 1. The molecular weight excluding hydrogens is 387 g/mol. The summed E-state index contributed by atoms with van der Waals surface area (Å²) in [6.45, 7) is 3.27. The van der Waals surface area contributed by atoms with Gasteiger partial charge in [0.05, 0.1) is 13.2 Å². The van der Waals surface area contributed by atoms with Crippen LogP contribution in [-0.4, -0.2) is 77.9 Å². The molecule has 126 valence electrons. The van der Waals surface area contributed by atoms with Gasteiger partial charge in [-0.05, 0) is 6.42 Å². The van der Waals surface area contributed by atoms with Gasteiger partial charge < -0.3 is 25.0 Å². The maximum atomic E-state index is 11.4. The monoisotopic (exact) mass is 416 g/mol. The van der Waals surface area contributed by atoms with Crippen LogP contribution in [0.5, 0.6) is 0 Å². The van der Waals surface area contributed by atoms with Crippen molar-refractivity contribution in [2.45, 2.75) is 12.8 Å². The largest absolute Gasteiger partial charge is 0.382 e. The maximum absolute atomic E-state index is 11.4. The van der Waals surface area contributed by atoms with Crippen LogP contribution in [0.4, 0.5) is 0 Å². The van der Waals surface area contributed by atoms with E-state index in [9.17, 15) is 4.79 Å². The summed E-state index contributed by atoms with van der Waals surface area (Å²) < 4.78 is 10.2. The molecule has 0 rings (SSSR count). The Morgan fingerprint density at radius 2 is 1.81 bits per heavy atom. The molecule has 0 aliphatic rings. The van der Waals surface area contributed by atoms with Crippen molar-refractivity contribution in [3.8, 4) is 0 Å². The zero-order valence-electron chi connectivity index (χ0n) is 13.5. The van der Waals surface area contributed by atoms with Crippen molar-refractivity contribution in [1.82, 2.24) is 15.5 Å². The summed E-state index contributed by atoms with van der Waals surface area (Å²) in [6, 6.07) is 0. The standard InChI is InChI=1S/C13H28N4O3.HI/c1-14-13(16-8-6-12(18)17(2)3)15-7-5-9-20-11-10-19-4;/h5-11H2,1-4H3,(H2,14,15,16);1H. The second kappa shape index (κ2) is 15.8. The number of hydrogen-bond acceptors (Lipinski definition) is 4. The number of amides is 1. The van der Waals surface area contributed by atoms with E-state index in [2.05, 4.69) is 15.6 Å². The number of ether oxygens (including phenoxy) is 2. The molecule has 0 aromatic carbocycles. The first-order valence-corrected chi connectivity index (χ1v) is 6.83. The number of hydrogen-bond donors (Lipinski definition) is 2. The molecule has 0 bridgehead atoms. The van der Waals surface area contributed by atoms with Crippen LogP contribution in [0.2, 0.25) is 0 Å². The lowest BCUT2D eigenvalue weighted by atomic mass is 10.4. The Bertz CT molecular complexity index is 289. The number of aliphatic imine (C=N–C) groups is 1. The van der Waals surface area contributed by atoms with Gasteiger partial charge in [0.25, 0.3) is 0 Å². The van der Waals surface area contributed by atoms with Gasteiger partial charge in [0.15, 0.2) is 5.96 Å². The van der Waals surface area contributed by atoms with Crippen molar-refractivity contribution >= 4 is 35.8 Å².